The predicted octanol–water partition coefficient (Wildman–Crippen LogP) is 3.74. The van der Waals surface area contributed by atoms with Crippen LogP contribution >= 0.6 is 22.6 Å². The number of hydrogen-bond acceptors (Lipinski definition) is 2. The molecule has 0 aliphatic heterocycles. The number of halogens is 1. The second kappa shape index (κ2) is 8.88. The van der Waals surface area contributed by atoms with Crippen molar-refractivity contribution in [1.82, 2.24) is 5.32 Å². The van der Waals surface area contributed by atoms with Gasteiger partial charge in [0.25, 0.3) is 0 Å². The molecule has 2 N–H and O–H groups in total. The van der Waals surface area contributed by atoms with Crippen LogP contribution in [-0.2, 0) is 0 Å². The monoisotopic (exact) mass is 361 g/mol. The highest BCUT2D eigenvalue weighted by atomic mass is 127. The molecule has 0 saturated carbocycles. The molecule has 0 radical (unpaired) electrons. The van der Waals surface area contributed by atoms with Crippen molar-refractivity contribution in [2.75, 3.05) is 13.2 Å². The molecule has 1 rings (SSSR count). The summed E-state index contributed by atoms with van der Waals surface area (Å²) in [6.07, 6.45) is 3.28. The Labute approximate surface area is 124 Å². The van der Waals surface area contributed by atoms with Crippen molar-refractivity contribution in [2.45, 2.75) is 39.2 Å². The zero-order chi connectivity index (χ0) is 13.4. The lowest BCUT2D eigenvalue weighted by atomic mass is 9.99. The molecule has 0 amide bonds. The smallest absolute Gasteiger partial charge is 0.0434 e. The molecule has 0 fully saturated rings. The van der Waals surface area contributed by atoms with Crippen molar-refractivity contribution in [3.63, 3.8) is 0 Å². The molecular formula is C15H24INO. The molecular weight excluding hydrogens is 337 g/mol. The van der Waals surface area contributed by atoms with E-state index in [1.54, 1.807) is 0 Å². The molecule has 0 bridgehead atoms. The normalized spacial score (nSPS) is 14.4. The fourth-order valence-electron chi connectivity index (χ4n) is 2.15. The van der Waals surface area contributed by atoms with Gasteiger partial charge in [-0.1, -0.05) is 25.5 Å². The molecule has 0 aliphatic carbocycles. The van der Waals surface area contributed by atoms with Crippen molar-refractivity contribution < 1.29 is 5.11 Å². The Morgan fingerprint density at radius 2 is 1.89 bits per heavy atom. The highest BCUT2D eigenvalue weighted by molar-refractivity contribution is 14.1. The molecule has 2 unspecified atom stereocenters. The molecule has 2 atom stereocenters. The summed E-state index contributed by atoms with van der Waals surface area (Å²) in [5.41, 5.74) is 1.33. The van der Waals surface area contributed by atoms with Crippen LogP contribution in [0.25, 0.3) is 0 Å². The summed E-state index contributed by atoms with van der Waals surface area (Å²) in [5, 5.41) is 12.6. The quantitative estimate of drug-likeness (QED) is 0.692. The lowest BCUT2D eigenvalue weighted by molar-refractivity contribution is 0.246. The lowest BCUT2D eigenvalue weighted by Crippen LogP contribution is -2.26. The van der Waals surface area contributed by atoms with E-state index in [9.17, 15) is 0 Å². The van der Waals surface area contributed by atoms with Crippen LogP contribution in [0.5, 0.6) is 0 Å². The summed E-state index contributed by atoms with van der Waals surface area (Å²) in [6.45, 7) is 5.68. The summed E-state index contributed by atoms with van der Waals surface area (Å²) in [5.74, 6) is 0.589. The number of hydrogen-bond donors (Lipinski definition) is 2. The Morgan fingerprint density at radius 3 is 2.44 bits per heavy atom. The van der Waals surface area contributed by atoms with Gasteiger partial charge < -0.3 is 10.4 Å². The molecule has 0 heterocycles. The molecule has 1 aromatic carbocycles. The molecule has 0 aromatic heterocycles. The van der Waals surface area contributed by atoms with Gasteiger partial charge in [0, 0.05) is 16.2 Å². The Hall–Kier alpha value is -0.130. The first-order chi connectivity index (χ1) is 8.67. The van der Waals surface area contributed by atoms with Crippen LogP contribution < -0.4 is 5.32 Å². The SMILES string of the molecule is CCCC(CCO)CNC(C)c1ccc(I)cc1. The highest BCUT2D eigenvalue weighted by Gasteiger charge is 2.10. The van der Waals surface area contributed by atoms with Crippen molar-refractivity contribution in [2.24, 2.45) is 5.92 Å². The van der Waals surface area contributed by atoms with Gasteiger partial charge in [0.1, 0.15) is 0 Å². The van der Waals surface area contributed by atoms with Crippen LogP contribution in [0.15, 0.2) is 24.3 Å². The Balaban J connectivity index is 2.43. The van der Waals surface area contributed by atoms with Crippen molar-refractivity contribution in [3.05, 3.63) is 33.4 Å². The largest absolute Gasteiger partial charge is 0.396 e. The van der Waals surface area contributed by atoms with Gasteiger partial charge in [0.2, 0.25) is 0 Å². The van der Waals surface area contributed by atoms with Crippen LogP contribution in [0.3, 0.4) is 0 Å². The van der Waals surface area contributed by atoms with Crippen LogP contribution in [0.1, 0.15) is 44.7 Å². The topological polar surface area (TPSA) is 32.3 Å². The minimum Gasteiger partial charge on any atom is -0.396 e. The van der Waals surface area contributed by atoms with Gasteiger partial charge >= 0.3 is 0 Å². The minimum atomic E-state index is 0.296. The summed E-state index contributed by atoms with van der Waals surface area (Å²) in [6, 6.07) is 9.03. The fraction of sp³-hybridized carbons (Fsp3) is 0.600. The molecule has 2 nitrogen and oxygen atoms in total. The average Bonchev–Trinajstić information content (AvgIpc) is 2.37. The molecule has 0 aliphatic rings. The van der Waals surface area contributed by atoms with Gasteiger partial charge in [0.05, 0.1) is 0 Å². The molecule has 3 heteroatoms. The van der Waals surface area contributed by atoms with Crippen molar-refractivity contribution in [1.29, 1.82) is 0 Å². The maximum atomic E-state index is 9.05. The van der Waals surface area contributed by atoms with Gasteiger partial charge in [0.15, 0.2) is 0 Å². The molecule has 0 saturated heterocycles. The summed E-state index contributed by atoms with van der Waals surface area (Å²) in [7, 11) is 0. The Bertz CT molecular complexity index is 320. The average molecular weight is 361 g/mol. The molecule has 18 heavy (non-hydrogen) atoms. The lowest BCUT2D eigenvalue weighted by Gasteiger charge is -2.20. The Kier molecular flexibility index (Phi) is 7.86. The zero-order valence-electron chi connectivity index (χ0n) is 11.3. The maximum absolute atomic E-state index is 9.05. The van der Waals surface area contributed by atoms with E-state index in [1.807, 2.05) is 0 Å². The first-order valence-electron chi connectivity index (χ1n) is 6.77. The second-order valence-corrected chi connectivity index (χ2v) is 6.09. The number of nitrogens with one attached hydrogen (secondary N) is 1. The molecule has 1 aromatic rings. The summed E-state index contributed by atoms with van der Waals surface area (Å²) in [4.78, 5) is 0. The number of aliphatic hydroxyl groups excluding tert-OH is 1. The van der Waals surface area contributed by atoms with Gasteiger partial charge in [-0.05, 0) is 72.5 Å². The van der Waals surface area contributed by atoms with E-state index in [-0.39, 0.29) is 0 Å². The summed E-state index contributed by atoms with van der Waals surface area (Å²) >= 11 is 2.33. The summed E-state index contributed by atoms with van der Waals surface area (Å²) < 4.78 is 1.27. The van der Waals surface area contributed by atoms with Crippen molar-refractivity contribution >= 4 is 22.6 Å². The number of benzene rings is 1. The number of rotatable bonds is 8. The first kappa shape index (κ1) is 15.9. The minimum absolute atomic E-state index is 0.296. The maximum Gasteiger partial charge on any atom is 0.0434 e. The van der Waals surface area contributed by atoms with E-state index in [0.717, 1.165) is 13.0 Å². The van der Waals surface area contributed by atoms with Gasteiger partial charge in [-0.3, -0.25) is 0 Å². The van der Waals surface area contributed by atoms with E-state index >= 15 is 0 Å². The first-order valence-corrected chi connectivity index (χ1v) is 7.85. The second-order valence-electron chi connectivity index (χ2n) is 4.85. The van der Waals surface area contributed by atoms with E-state index in [1.165, 1.54) is 22.0 Å². The highest BCUT2D eigenvalue weighted by Crippen LogP contribution is 2.16. The van der Waals surface area contributed by atoms with Gasteiger partial charge in [-0.15, -0.1) is 0 Å². The third-order valence-electron chi connectivity index (χ3n) is 3.32. The van der Waals surface area contributed by atoms with E-state index in [2.05, 4.69) is 66.0 Å². The van der Waals surface area contributed by atoms with Crippen LogP contribution in [0, 0.1) is 9.49 Å². The number of aliphatic hydroxyl groups is 1. The van der Waals surface area contributed by atoms with Gasteiger partial charge in [-0.2, -0.15) is 0 Å². The van der Waals surface area contributed by atoms with E-state index in [4.69, 9.17) is 5.11 Å². The van der Waals surface area contributed by atoms with Crippen molar-refractivity contribution in [3.8, 4) is 0 Å². The standard InChI is InChI=1S/C15H24INO/c1-3-4-13(9-10-18)11-17-12(2)14-5-7-15(16)8-6-14/h5-8,12-13,17-18H,3-4,9-11H2,1-2H3. The van der Waals surface area contributed by atoms with Crippen LogP contribution in [0.4, 0.5) is 0 Å². The Morgan fingerprint density at radius 1 is 1.22 bits per heavy atom. The van der Waals surface area contributed by atoms with E-state index in [0.29, 0.717) is 18.6 Å². The van der Waals surface area contributed by atoms with Crippen LogP contribution in [-0.4, -0.2) is 18.3 Å². The fourth-order valence-corrected chi connectivity index (χ4v) is 2.51. The zero-order valence-corrected chi connectivity index (χ0v) is 13.5. The van der Waals surface area contributed by atoms with E-state index < -0.39 is 0 Å². The molecule has 0 spiro atoms. The van der Waals surface area contributed by atoms with Gasteiger partial charge in [-0.25, -0.2) is 0 Å². The molecule has 102 valence electrons. The predicted molar refractivity (Wildman–Crippen MR) is 85.7 cm³/mol. The van der Waals surface area contributed by atoms with Crippen LogP contribution in [0.2, 0.25) is 0 Å². The third-order valence-corrected chi connectivity index (χ3v) is 4.04. The third kappa shape index (κ3) is 5.67.